The molecule has 568 valence electrons. The number of hydrogen-bond acceptors (Lipinski definition) is 10. The highest BCUT2D eigenvalue weighted by molar-refractivity contribution is 5.98. The summed E-state index contributed by atoms with van der Waals surface area (Å²) in [6.07, 6.45) is 5.59. The predicted octanol–water partition coefficient (Wildman–Crippen LogP) is 24.9. The summed E-state index contributed by atoms with van der Waals surface area (Å²) in [5, 5.41) is 17.8. The monoisotopic (exact) mass is 1480 g/mol. The number of aryl methyl sites for hydroxylation is 9. The third-order valence-corrected chi connectivity index (χ3v) is 21.0. The molecule has 10 heteroatoms. The van der Waals surface area contributed by atoms with Crippen LogP contribution in [-0.2, 0) is 11.1 Å². The molecule has 11 aromatic carbocycles. The van der Waals surface area contributed by atoms with Gasteiger partial charge in [0, 0.05) is 103 Å². The summed E-state index contributed by atoms with van der Waals surface area (Å²) >= 11 is 0. The van der Waals surface area contributed by atoms with E-state index in [4.69, 9.17) is 9.97 Å². The van der Waals surface area contributed by atoms with Crippen molar-refractivity contribution in [3.05, 3.63) is 429 Å². The normalized spacial score (nSPS) is 12.5. The van der Waals surface area contributed by atoms with E-state index in [0.717, 1.165) is 45.4 Å². The molecule has 0 saturated heterocycles. The molecule has 0 radical (unpaired) electrons. The van der Waals surface area contributed by atoms with Crippen molar-refractivity contribution in [2.45, 2.75) is 99.3 Å². The van der Waals surface area contributed by atoms with Crippen LogP contribution in [0.3, 0.4) is 0 Å². The van der Waals surface area contributed by atoms with Crippen LogP contribution in [0.15, 0.2) is 334 Å². The smallest absolute Gasteiger partial charge is 0.103 e. The van der Waals surface area contributed by atoms with Crippen LogP contribution in [0.5, 0.6) is 0 Å². The van der Waals surface area contributed by atoms with Gasteiger partial charge in [-0.1, -0.05) is 265 Å². The Bertz CT molecular complexity index is 5490. The highest BCUT2D eigenvalue weighted by atomic mass is 15.1. The topological polar surface area (TPSA) is 106 Å². The summed E-state index contributed by atoms with van der Waals surface area (Å²) in [5.74, 6) is 0. The Balaban J connectivity index is 0.000000141. The molecule has 4 atom stereocenters. The van der Waals surface area contributed by atoms with Crippen molar-refractivity contribution in [2.24, 2.45) is 0 Å². The van der Waals surface area contributed by atoms with Crippen LogP contribution in [-0.4, -0.2) is 48.1 Å². The fourth-order valence-corrected chi connectivity index (χ4v) is 15.5. The number of anilines is 6. The number of nitrogens with zero attached hydrogens (tertiary/aromatic N) is 6. The Kier molecular flexibility index (Phi) is 25.9. The lowest BCUT2D eigenvalue weighted by Gasteiger charge is -2.35. The van der Waals surface area contributed by atoms with Crippen molar-refractivity contribution < 1.29 is 0 Å². The number of hydrogen-bond donors (Lipinski definition) is 4. The van der Waals surface area contributed by atoms with Gasteiger partial charge in [0.05, 0.1) is 40.6 Å². The van der Waals surface area contributed by atoms with Gasteiger partial charge >= 0.3 is 0 Å². The highest BCUT2D eigenvalue weighted by Crippen LogP contribution is 2.43. The first-order chi connectivity index (χ1) is 54.7. The first-order valence-corrected chi connectivity index (χ1v) is 39.0. The standard InChI is InChI=1S/C30H24N2.C28H31N3.C23H27N3.C22H24N2/c1-4-13-23(14-5-1)26-19-10-11-20-28(26)32-30(25-17-8-3-9-18-25)29-22-12-21-27(31-29)24-15-6-2-7-16-24;1-19-17-20(2)27(21(3)18-19)30-28(4,25-15-7-8-16-29-25)23-13-9-11-22-12-10-14-24(26(22)23)31(5)6;1-16-14-17(2)22(18(3)15-16)25-23(20-11-8-9-13-24-20)19-10-6-7-12-21(19)26(4)5;1-16-14-17(2)21(18(3)15-16)24-22(4,19-10-6-5-7-11-19)20-12-8-9-13-23-20/h1-22,30,32H;7-18,30H,1-6H3;6-15,23,25H,1-5H3;5-15,24H,1-4H3. The molecule has 0 saturated carbocycles. The summed E-state index contributed by atoms with van der Waals surface area (Å²) in [4.78, 5) is 23.5. The van der Waals surface area contributed by atoms with Gasteiger partial charge in [-0.15, -0.1) is 0 Å². The minimum atomic E-state index is -0.516. The largest absolute Gasteiger partial charge is 0.377 e. The Hall–Kier alpha value is -12.9. The van der Waals surface area contributed by atoms with E-state index in [-0.39, 0.29) is 12.1 Å². The maximum atomic E-state index is 5.06. The van der Waals surface area contributed by atoms with E-state index in [1.54, 1.807) is 0 Å². The van der Waals surface area contributed by atoms with Crippen LogP contribution in [0.1, 0.15) is 121 Å². The van der Waals surface area contributed by atoms with E-state index in [0.29, 0.717) is 0 Å². The van der Waals surface area contributed by atoms with E-state index in [2.05, 4.69) is 394 Å². The zero-order chi connectivity index (χ0) is 79.6. The SMILES string of the molecule is Cc1cc(C)c(NC(C)(c2ccccc2)c2ccccn2)c(C)c1.Cc1cc(C)c(NC(C)(c2ccccn2)c2cccc3cccc(N(C)C)c23)c(C)c1.Cc1cc(C)c(NC(c2ccccn2)c2ccccc2N(C)C)c(C)c1.c1ccc(-c2cccc(C(Nc3ccccc3-c3ccccc3)c3ccccc3)n2)cc1. The fourth-order valence-electron chi connectivity index (χ4n) is 15.5. The van der Waals surface area contributed by atoms with Crippen LogP contribution in [0.25, 0.3) is 33.2 Å². The molecular formula is C103H106N10. The third-order valence-electron chi connectivity index (χ3n) is 21.0. The Morgan fingerprint density at radius 2 is 0.770 bits per heavy atom. The van der Waals surface area contributed by atoms with Crippen molar-refractivity contribution in [3.8, 4) is 22.4 Å². The highest BCUT2D eigenvalue weighted by Gasteiger charge is 2.35. The third kappa shape index (κ3) is 19.1. The van der Waals surface area contributed by atoms with Crippen molar-refractivity contribution in [2.75, 3.05) is 59.3 Å². The minimum Gasteiger partial charge on any atom is -0.377 e. The minimum absolute atomic E-state index is 0.0186. The molecule has 15 rings (SSSR count). The van der Waals surface area contributed by atoms with E-state index in [1.165, 1.54) is 117 Å². The van der Waals surface area contributed by atoms with Crippen molar-refractivity contribution >= 4 is 44.9 Å². The lowest BCUT2D eigenvalue weighted by Crippen LogP contribution is -2.35. The quantitative estimate of drug-likeness (QED) is 0.0590. The van der Waals surface area contributed by atoms with Crippen molar-refractivity contribution in [3.63, 3.8) is 0 Å². The molecule has 15 aromatic rings. The Morgan fingerprint density at radius 1 is 0.336 bits per heavy atom. The second-order valence-corrected chi connectivity index (χ2v) is 30.2. The summed E-state index contributed by atoms with van der Waals surface area (Å²) in [7, 11) is 8.37. The first-order valence-electron chi connectivity index (χ1n) is 39.0. The second kappa shape index (κ2) is 36.7. The van der Waals surface area contributed by atoms with Gasteiger partial charge in [-0.3, -0.25) is 19.9 Å². The lowest BCUT2D eigenvalue weighted by atomic mass is 9.83. The Morgan fingerprint density at radius 3 is 1.31 bits per heavy atom. The van der Waals surface area contributed by atoms with Crippen molar-refractivity contribution in [1.29, 1.82) is 0 Å². The molecule has 10 nitrogen and oxygen atoms in total. The predicted molar refractivity (Wildman–Crippen MR) is 479 cm³/mol. The molecule has 0 bridgehead atoms. The fraction of sp³-hybridized carbons (Fsp3) is 0.184. The molecule has 113 heavy (non-hydrogen) atoms. The number of nitrogens with one attached hydrogen (secondary N) is 4. The molecule has 4 N–H and O–H groups in total. The van der Waals surface area contributed by atoms with Crippen LogP contribution < -0.4 is 31.1 Å². The molecule has 0 amide bonds. The van der Waals surface area contributed by atoms with Crippen LogP contribution in [0.2, 0.25) is 0 Å². The second-order valence-electron chi connectivity index (χ2n) is 30.2. The van der Waals surface area contributed by atoms with Gasteiger partial charge in [-0.05, 0) is 204 Å². The molecule has 0 aliphatic carbocycles. The number of rotatable bonds is 20. The maximum Gasteiger partial charge on any atom is 0.103 e. The summed E-state index contributed by atoms with van der Waals surface area (Å²) < 4.78 is 0. The molecule has 0 aliphatic rings. The van der Waals surface area contributed by atoms with Crippen LogP contribution in [0.4, 0.5) is 34.1 Å². The number of fused-ring (bicyclic) bond motifs is 1. The zero-order valence-electron chi connectivity index (χ0n) is 68.1. The van der Waals surface area contributed by atoms with Gasteiger partial charge in [0.25, 0.3) is 0 Å². The van der Waals surface area contributed by atoms with Crippen LogP contribution in [0, 0.1) is 62.3 Å². The molecule has 4 unspecified atom stereocenters. The molecular weight excluding hydrogens is 1380 g/mol. The van der Waals surface area contributed by atoms with E-state index in [1.807, 2.05) is 85.3 Å². The molecule has 0 spiro atoms. The van der Waals surface area contributed by atoms with E-state index < -0.39 is 11.1 Å². The summed E-state index contributed by atoms with van der Waals surface area (Å²) in [6.45, 7) is 23.9. The maximum absolute atomic E-state index is 5.06. The van der Waals surface area contributed by atoms with Crippen molar-refractivity contribution in [1.82, 2.24) is 19.9 Å². The summed E-state index contributed by atoms with van der Waals surface area (Å²) in [6, 6.07) is 110. The zero-order valence-corrected chi connectivity index (χ0v) is 68.1. The van der Waals surface area contributed by atoms with Gasteiger partial charge in [0.15, 0.2) is 0 Å². The van der Waals surface area contributed by atoms with E-state index >= 15 is 0 Å². The van der Waals surface area contributed by atoms with Gasteiger partial charge in [0.1, 0.15) is 11.1 Å². The average Bonchev–Trinajstić information content (AvgIpc) is 0.747. The van der Waals surface area contributed by atoms with E-state index in [9.17, 15) is 0 Å². The Labute approximate surface area is 670 Å². The van der Waals surface area contributed by atoms with Gasteiger partial charge in [0.2, 0.25) is 0 Å². The van der Waals surface area contributed by atoms with Gasteiger partial charge < -0.3 is 31.1 Å². The molecule has 0 aliphatic heterocycles. The summed E-state index contributed by atoms with van der Waals surface area (Å²) in [5.41, 5.74) is 30.7. The van der Waals surface area contributed by atoms with Gasteiger partial charge in [-0.25, -0.2) is 0 Å². The van der Waals surface area contributed by atoms with Crippen LogP contribution >= 0.6 is 0 Å². The molecule has 4 heterocycles. The molecule has 0 fully saturated rings. The first kappa shape index (κ1) is 79.6. The number of aromatic nitrogens is 4. The van der Waals surface area contributed by atoms with Gasteiger partial charge in [-0.2, -0.15) is 0 Å². The number of benzene rings is 11. The molecule has 4 aromatic heterocycles. The number of pyridine rings is 4. The number of para-hydroxylation sites is 2. The average molecular weight is 1480 g/mol. The lowest BCUT2D eigenvalue weighted by molar-refractivity contribution is 0.634.